The second-order valence-electron chi connectivity index (χ2n) is 13.2. The lowest BCUT2D eigenvalue weighted by atomic mass is 9.85. The summed E-state index contributed by atoms with van der Waals surface area (Å²) in [6.45, 7) is 21.7. The Balaban J connectivity index is 4.98. The zero-order chi connectivity index (χ0) is 27.9. The molecule has 0 aliphatic carbocycles. The molecule has 0 N–H and O–H groups in total. The van der Waals surface area contributed by atoms with E-state index in [4.69, 9.17) is 9.47 Å². The molecule has 0 aromatic rings. The van der Waals surface area contributed by atoms with Crippen molar-refractivity contribution in [3.63, 3.8) is 0 Å². The average molecular weight is 521 g/mol. The smallest absolute Gasteiger partial charge is 0.216 e. The lowest BCUT2D eigenvalue weighted by Gasteiger charge is -2.36. The van der Waals surface area contributed by atoms with E-state index in [9.17, 15) is 13.2 Å². The fourth-order valence-electron chi connectivity index (χ4n) is 3.59. The lowest BCUT2D eigenvalue weighted by Crippen LogP contribution is -2.46. The van der Waals surface area contributed by atoms with E-state index in [0.29, 0.717) is 32.8 Å². The molecule has 0 bridgehead atoms. The number of sulfonamides is 1. The zero-order valence-electron chi connectivity index (χ0n) is 25.1. The van der Waals surface area contributed by atoms with Crippen molar-refractivity contribution in [2.24, 2.45) is 16.7 Å². The predicted octanol–water partition coefficient (Wildman–Crippen LogP) is 4.85. The standard InChI is InChI=1S/C27H56N2O5S/c1-14-27(10,20-33-19-24(4,5)17-23(30)22(2)3)18-29(13)35(31,32)21-26(8,9)34-16-15-25(6,7)28(11)12/h22H,14-21H2,1-13H3. The highest BCUT2D eigenvalue weighted by molar-refractivity contribution is 7.89. The molecule has 0 saturated heterocycles. The molecule has 8 heteroatoms. The predicted molar refractivity (Wildman–Crippen MR) is 146 cm³/mol. The maximum Gasteiger partial charge on any atom is 0.216 e. The van der Waals surface area contributed by atoms with Crippen LogP contribution in [0.4, 0.5) is 0 Å². The molecular weight excluding hydrogens is 464 g/mol. The van der Waals surface area contributed by atoms with E-state index in [1.54, 1.807) is 7.05 Å². The Labute approximate surface area is 217 Å². The van der Waals surface area contributed by atoms with Crippen LogP contribution < -0.4 is 0 Å². The van der Waals surface area contributed by atoms with Crippen LogP contribution in [0.1, 0.15) is 88.5 Å². The van der Waals surface area contributed by atoms with Gasteiger partial charge in [-0.2, -0.15) is 0 Å². The van der Waals surface area contributed by atoms with Gasteiger partial charge in [0.2, 0.25) is 10.0 Å². The Morgan fingerprint density at radius 2 is 1.49 bits per heavy atom. The van der Waals surface area contributed by atoms with Crippen LogP contribution in [-0.4, -0.2) is 87.8 Å². The summed E-state index contributed by atoms with van der Waals surface area (Å²) < 4.78 is 39.9. The number of rotatable bonds is 18. The molecule has 0 saturated carbocycles. The minimum absolute atomic E-state index is 0.0155. The molecule has 0 rings (SSSR count). The molecule has 0 amide bonds. The number of carbonyl (C=O) groups is 1. The van der Waals surface area contributed by atoms with Crippen LogP contribution in [0, 0.1) is 16.7 Å². The van der Waals surface area contributed by atoms with Crippen molar-refractivity contribution in [2.75, 3.05) is 53.3 Å². The van der Waals surface area contributed by atoms with Gasteiger partial charge in [0.25, 0.3) is 0 Å². The first-order valence-corrected chi connectivity index (χ1v) is 14.5. The summed E-state index contributed by atoms with van der Waals surface area (Å²) >= 11 is 0. The molecule has 7 nitrogen and oxygen atoms in total. The van der Waals surface area contributed by atoms with E-state index < -0.39 is 15.6 Å². The molecule has 0 aromatic carbocycles. The second-order valence-corrected chi connectivity index (χ2v) is 15.3. The van der Waals surface area contributed by atoms with Crippen LogP contribution >= 0.6 is 0 Å². The Kier molecular flexibility index (Phi) is 13.1. The molecule has 0 aromatic heterocycles. The molecule has 0 radical (unpaired) electrons. The van der Waals surface area contributed by atoms with Crippen LogP contribution in [-0.2, 0) is 24.3 Å². The SMILES string of the molecule is CCC(C)(COCC(C)(C)CC(=O)C(C)C)CN(C)S(=O)(=O)CC(C)(C)OCCC(C)(C)N(C)C. The third kappa shape index (κ3) is 13.0. The number of ether oxygens (including phenoxy) is 2. The van der Waals surface area contributed by atoms with Crippen LogP contribution in [0.15, 0.2) is 0 Å². The average Bonchev–Trinajstić information content (AvgIpc) is 2.65. The first kappa shape index (κ1) is 34.5. The molecule has 0 aliphatic rings. The highest BCUT2D eigenvalue weighted by Gasteiger charge is 2.35. The molecule has 0 heterocycles. The summed E-state index contributed by atoms with van der Waals surface area (Å²) in [5.41, 5.74) is -1.40. The molecule has 1 atom stereocenters. The Hall–Kier alpha value is -0.540. The van der Waals surface area contributed by atoms with Gasteiger partial charge in [-0.3, -0.25) is 4.79 Å². The summed E-state index contributed by atoms with van der Waals surface area (Å²) in [5, 5.41) is 0. The van der Waals surface area contributed by atoms with Gasteiger partial charge in [0.05, 0.1) is 24.6 Å². The maximum atomic E-state index is 13.2. The number of nitrogens with zero attached hydrogens (tertiary/aromatic N) is 2. The largest absolute Gasteiger partial charge is 0.380 e. The minimum Gasteiger partial charge on any atom is -0.380 e. The summed E-state index contributed by atoms with van der Waals surface area (Å²) in [5.74, 6) is 0.170. The van der Waals surface area contributed by atoms with Gasteiger partial charge in [-0.15, -0.1) is 0 Å². The Morgan fingerprint density at radius 3 is 1.94 bits per heavy atom. The van der Waals surface area contributed by atoms with E-state index in [-0.39, 0.29) is 33.8 Å². The van der Waals surface area contributed by atoms with Gasteiger partial charge >= 0.3 is 0 Å². The summed E-state index contributed by atoms with van der Waals surface area (Å²) in [7, 11) is 2.18. The number of hydrogen-bond acceptors (Lipinski definition) is 6. The number of carbonyl (C=O) groups excluding carboxylic acids is 1. The Morgan fingerprint density at radius 1 is 0.943 bits per heavy atom. The first-order chi connectivity index (χ1) is 15.6. The molecule has 0 spiro atoms. The number of Topliss-reactive ketones (excluding diaryl/α,β-unsaturated/α-hetero) is 1. The van der Waals surface area contributed by atoms with Gasteiger partial charge in [0.15, 0.2) is 0 Å². The first-order valence-electron chi connectivity index (χ1n) is 12.9. The summed E-state index contributed by atoms with van der Waals surface area (Å²) in [4.78, 5) is 14.3. The summed E-state index contributed by atoms with van der Waals surface area (Å²) in [6, 6.07) is 0. The molecule has 35 heavy (non-hydrogen) atoms. The van der Waals surface area contributed by atoms with Gasteiger partial charge in [0, 0.05) is 43.5 Å². The second kappa shape index (κ2) is 13.3. The van der Waals surface area contributed by atoms with Crippen molar-refractivity contribution in [3.8, 4) is 0 Å². The van der Waals surface area contributed by atoms with E-state index in [1.165, 1.54) is 4.31 Å². The van der Waals surface area contributed by atoms with E-state index in [0.717, 1.165) is 12.8 Å². The lowest BCUT2D eigenvalue weighted by molar-refractivity contribution is -0.125. The molecule has 1 unspecified atom stereocenters. The number of hydrogen-bond donors (Lipinski definition) is 0. The van der Waals surface area contributed by atoms with E-state index >= 15 is 0 Å². The molecule has 0 fully saturated rings. The number of ketones is 1. The fourth-order valence-corrected chi connectivity index (χ4v) is 5.28. The quantitative estimate of drug-likeness (QED) is 0.257. The van der Waals surface area contributed by atoms with Crippen molar-refractivity contribution in [1.82, 2.24) is 9.21 Å². The highest BCUT2D eigenvalue weighted by Crippen LogP contribution is 2.28. The highest BCUT2D eigenvalue weighted by atomic mass is 32.2. The molecule has 0 aliphatic heterocycles. The van der Waals surface area contributed by atoms with Gasteiger partial charge < -0.3 is 14.4 Å². The van der Waals surface area contributed by atoms with Gasteiger partial charge in [-0.1, -0.05) is 41.5 Å². The third-order valence-corrected chi connectivity index (χ3v) is 9.26. The van der Waals surface area contributed by atoms with Crippen LogP contribution in [0.5, 0.6) is 0 Å². The maximum absolute atomic E-state index is 13.2. The van der Waals surface area contributed by atoms with Crippen LogP contribution in [0.2, 0.25) is 0 Å². The van der Waals surface area contributed by atoms with Crippen molar-refractivity contribution < 1.29 is 22.7 Å². The topological polar surface area (TPSA) is 76.1 Å². The normalized spacial score (nSPS) is 15.8. The van der Waals surface area contributed by atoms with Gasteiger partial charge in [-0.25, -0.2) is 12.7 Å². The monoisotopic (exact) mass is 520 g/mol. The fraction of sp³-hybridized carbons (Fsp3) is 0.963. The van der Waals surface area contributed by atoms with E-state index in [2.05, 4.69) is 32.6 Å². The van der Waals surface area contributed by atoms with Crippen LogP contribution in [0.25, 0.3) is 0 Å². The van der Waals surface area contributed by atoms with Gasteiger partial charge in [0.1, 0.15) is 5.78 Å². The zero-order valence-corrected chi connectivity index (χ0v) is 25.9. The van der Waals surface area contributed by atoms with Gasteiger partial charge in [-0.05, 0) is 60.0 Å². The van der Waals surface area contributed by atoms with Crippen molar-refractivity contribution in [2.45, 2.75) is 99.6 Å². The third-order valence-electron chi connectivity index (χ3n) is 7.12. The van der Waals surface area contributed by atoms with Crippen molar-refractivity contribution in [3.05, 3.63) is 0 Å². The molecular formula is C27H56N2O5S. The Bertz CT molecular complexity index is 760. The van der Waals surface area contributed by atoms with E-state index in [1.807, 2.05) is 55.6 Å². The minimum atomic E-state index is -3.52. The van der Waals surface area contributed by atoms with Crippen molar-refractivity contribution in [1.29, 1.82) is 0 Å². The van der Waals surface area contributed by atoms with Crippen LogP contribution in [0.3, 0.4) is 0 Å². The molecule has 210 valence electrons. The van der Waals surface area contributed by atoms with Crippen molar-refractivity contribution >= 4 is 15.8 Å². The summed E-state index contributed by atoms with van der Waals surface area (Å²) in [6.07, 6.45) is 2.06.